The van der Waals surface area contributed by atoms with Gasteiger partial charge in [-0.15, -0.1) is 0 Å². The van der Waals surface area contributed by atoms with E-state index in [-0.39, 0.29) is 38.9 Å². The molecule has 35 heavy (non-hydrogen) atoms. The lowest BCUT2D eigenvalue weighted by Crippen LogP contribution is -2.43. The average Bonchev–Trinajstić information content (AvgIpc) is 2.79. The third-order valence-corrected chi connectivity index (χ3v) is 5.95. The van der Waals surface area contributed by atoms with Crippen LogP contribution in [0.25, 0.3) is 0 Å². The quantitative estimate of drug-likeness (QED) is 0.359. The number of hydrogen-bond acceptors (Lipinski definition) is 4. The molecule has 0 radical (unpaired) electrons. The number of anilines is 1. The van der Waals surface area contributed by atoms with Gasteiger partial charge >= 0.3 is 5.97 Å². The SMILES string of the molecule is CC(=O)c1cccc(C)c1C(=O)N[C@@H](Cc1ccc(NC(=O)c2c(Cl)cccc2Cl)cc1)C(=O)O. The van der Waals surface area contributed by atoms with Gasteiger partial charge in [-0.05, 0) is 49.2 Å². The van der Waals surface area contributed by atoms with E-state index in [1.807, 2.05) is 0 Å². The van der Waals surface area contributed by atoms with Crippen LogP contribution < -0.4 is 10.6 Å². The molecule has 0 heterocycles. The number of rotatable bonds is 8. The molecule has 0 aliphatic heterocycles. The minimum absolute atomic E-state index is 0.00702. The maximum atomic E-state index is 12.9. The van der Waals surface area contributed by atoms with Gasteiger partial charge in [-0.3, -0.25) is 14.4 Å². The molecule has 0 bridgehead atoms. The van der Waals surface area contributed by atoms with E-state index in [9.17, 15) is 24.3 Å². The fourth-order valence-corrected chi connectivity index (χ4v) is 4.13. The predicted octanol–water partition coefficient (Wildman–Crippen LogP) is 5.18. The first-order valence-electron chi connectivity index (χ1n) is 10.6. The fraction of sp³-hybridized carbons (Fsp3) is 0.154. The highest BCUT2D eigenvalue weighted by atomic mass is 35.5. The van der Waals surface area contributed by atoms with Crippen LogP contribution in [0, 0.1) is 6.92 Å². The molecule has 3 aromatic carbocycles. The lowest BCUT2D eigenvalue weighted by molar-refractivity contribution is -0.139. The molecule has 0 spiro atoms. The van der Waals surface area contributed by atoms with Gasteiger partial charge in [0.15, 0.2) is 5.78 Å². The Hall–Kier alpha value is -3.68. The molecule has 0 fully saturated rings. The normalized spacial score (nSPS) is 11.4. The Morgan fingerprint density at radius 3 is 2.03 bits per heavy atom. The summed E-state index contributed by atoms with van der Waals surface area (Å²) >= 11 is 12.1. The molecule has 0 aromatic heterocycles. The molecule has 0 saturated heterocycles. The molecule has 3 aromatic rings. The Morgan fingerprint density at radius 2 is 1.46 bits per heavy atom. The zero-order valence-electron chi connectivity index (χ0n) is 18.9. The van der Waals surface area contributed by atoms with Crippen LogP contribution >= 0.6 is 23.2 Å². The molecule has 0 saturated carbocycles. The number of benzene rings is 3. The average molecular weight is 513 g/mol. The summed E-state index contributed by atoms with van der Waals surface area (Å²) in [6.45, 7) is 3.03. The molecule has 9 heteroatoms. The van der Waals surface area contributed by atoms with Gasteiger partial charge in [0.2, 0.25) is 0 Å². The summed E-state index contributed by atoms with van der Waals surface area (Å²) in [4.78, 5) is 49.2. The van der Waals surface area contributed by atoms with Crippen molar-refractivity contribution in [1.29, 1.82) is 0 Å². The number of Topliss-reactive ketones (excluding diaryl/α,β-unsaturated/α-hetero) is 1. The van der Waals surface area contributed by atoms with E-state index >= 15 is 0 Å². The second kappa shape index (κ2) is 11.2. The van der Waals surface area contributed by atoms with Gasteiger partial charge in [-0.25, -0.2) is 4.79 Å². The summed E-state index contributed by atoms with van der Waals surface area (Å²) in [6.07, 6.45) is -0.00702. The van der Waals surface area contributed by atoms with Gasteiger partial charge in [0.05, 0.1) is 21.2 Å². The molecule has 0 aliphatic rings. The number of carbonyl (C=O) groups is 4. The van der Waals surface area contributed by atoms with Crippen molar-refractivity contribution < 1.29 is 24.3 Å². The number of halogens is 2. The molecular weight excluding hydrogens is 491 g/mol. The summed E-state index contributed by atoms with van der Waals surface area (Å²) in [5.74, 6) is -2.63. The van der Waals surface area contributed by atoms with Crippen LogP contribution in [-0.4, -0.2) is 34.7 Å². The van der Waals surface area contributed by atoms with E-state index in [2.05, 4.69) is 10.6 Å². The van der Waals surface area contributed by atoms with Crippen LogP contribution in [0.2, 0.25) is 10.0 Å². The van der Waals surface area contributed by atoms with Gasteiger partial charge in [-0.1, -0.05) is 59.6 Å². The zero-order chi connectivity index (χ0) is 25.7. The number of carbonyl (C=O) groups excluding carboxylic acids is 3. The minimum atomic E-state index is -1.23. The minimum Gasteiger partial charge on any atom is -0.480 e. The van der Waals surface area contributed by atoms with Gasteiger partial charge in [0, 0.05) is 17.7 Å². The Morgan fingerprint density at radius 1 is 0.857 bits per heavy atom. The smallest absolute Gasteiger partial charge is 0.326 e. The number of ketones is 1. The fourth-order valence-electron chi connectivity index (χ4n) is 3.56. The van der Waals surface area contributed by atoms with Crippen LogP contribution in [0.5, 0.6) is 0 Å². The van der Waals surface area contributed by atoms with Crippen LogP contribution in [0.4, 0.5) is 5.69 Å². The monoisotopic (exact) mass is 512 g/mol. The zero-order valence-corrected chi connectivity index (χ0v) is 20.4. The van der Waals surface area contributed by atoms with Crippen molar-refractivity contribution in [3.8, 4) is 0 Å². The van der Waals surface area contributed by atoms with E-state index in [4.69, 9.17) is 23.2 Å². The van der Waals surface area contributed by atoms with Crippen LogP contribution in [-0.2, 0) is 11.2 Å². The summed E-state index contributed by atoms with van der Waals surface area (Å²) in [7, 11) is 0. The summed E-state index contributed by atoms with van der Waals surface area (Å²) in [6, 6.07) is 14.9. The molecule has 0 aliphatic carbocycles. The number of carboxylic acids is 1. The van der Waals surface area contributed by atoms with Crippen molar-refractivity contribution in [3.63, 3.8) is 0 Å². The van der Waals surface area contributed by atoms with Crippen molar-refractivity contribution in [2.24, 2.45) is 0 Å². The lowest BCUT2D eigenvalue weighted by Gasteiger charge is -2.17. The van der Waals surface area contributed by atoms with Crippen molar-refractivity contribution >= 4 is 52.5 Å². The Labute approximate surface area is 212 Å². The number of nitrogens with one attached hydrogen (secondary N) is 2. The summed E-state index contributed by atoms with van der Waals surface area (Å²) in [5, 5.41) is 15.3. The van der Waals surface area contributed by atoms with Gasteiger partial charge < -0.3 is 15.7 Å². The Balaban J connectivity index is 1.73. The van der Waals surface area contributed by atoms with E-state index < -0.39 is 23.8 Å². The third-order valence-electron chi connectivity index (χ3n) is 5.32. The summed E-state index contributed by atoms with van der Waals surface area (Å²) < 4.78 is 0. The molecule has 180 valence electrons. The van der Waals surface area contributed by atoms with E-state index in [1.165, 1.54) is 13.0 Å². The largest absolute Gasteiger partial charge is 0.480 e. The number of aryl methyl sites for hydroxylation is 1. The topological polar surface area (TPSA) is 113 Å². The maximum absolute atomic E-state index is 12.9. The molecule has 3 N–H and O–H groups in total. The van der Waals surface area contributed by atoms with Crippen molar-refractivity contribution in [2.75, 3.05) is 5.32 Å². The second-order valence-electron chi connectivity index (χ2n) is 7.87. The first kappa shape index (κ1) is 25.9. The number of aliphatic carboxylic acids is 1. The van der Waals surface area contributed by atoms with Gasteiger partial charge in [0.25, 0.3) is 11.8 Å². The highest BCUT2D eigenvalue weighted by molar-refractivity contribution is 6.40. The molecule has 3 rings (SSSR count). The van der Waals surface area contributed by atoms with E-state index in [0.717, 1.165) is 0 Å². The third kappa shape index (κ3) is 6.26. The van der Waals surface area contributed by atoms with Crippen LogP contribution in [0.3, 0.4) is 0 Å². The number of hydrogen-bond donors (Lipinski definition) is 3. The summed E-state index contributed by atoms with van der Waals surface area (Å²) in [5.41, 5.74) is 2.17. The Bertz CT molecular complexity index is 1290. The molecule has 2 amide bonds. The van der Waals surface area contributed by atoms with Crippen LogP contribution in [0.1, 0.15) is 49.1 Å². The molecular formula is C26H22Cl2N2O5. The van der Waals surface area contributed by atoms with E-state index in [1.54, 1.807) is 61.5 Å². The molecule has 1 atom stereocenters. The highest BCUT2D eigenvalue weighted by Gasteiger charge is 2.24. The molecule has 0 unspecified atom stereocenters. The number of carboxylic acid groups (broad SMARTS) is 1. The maximum Gasteiger partial charge on any atom is 0.326 e. The predicted molar refractivity (Wildman–Crippen MR) is 135 cm³/mol. The second-order valence-corrected chi connectivity index (χ2v) is 8.68. The van der Waals surface area contributed by atoms with Crippen LogP contribution in [0.15, 0.2) is 60.7 Å². The molecule has 7 nitrogen and oxygen atoms in total. The van der Waals surface area contributed by atoms with E-state index in [0.29, 0.717) is 16.8 Å². The first-order chi connectivity index (χ1) is 16.6. The van der Waals surface area contributed by atoms with Gasteiger partial charge in [-0.2, -0.15) is 0 Å². The van der Waals surface area contributed by atoms with Crippen molar-refractivity contribution in [2.45, 2.75) is 26.3 Å². The van der Waals surface area contributed by atoms with Crippen molar-refractivity contribution in [3.05, 3.63) is 98.5 Å². The highest BCUT2D eigenvalue weighted by Crippen LogP contribution is 2.25. The first-order valence-corrected chi connectivity index (χ1v) is 11.3. The van der Waals surface area contributed by atoms with Gasteiger partial charge in [0.1, 0.15) is 6.04 Å². The lowest BCUT2D eigenvalue weighted by atomic mass is 9.98. The number of amides is 2. The standard InChI is InChI=1S/C26H22Cl2N2O5/c1-14-5-3-6-18(15(2)31)22(14)24(32)30-21(26(34)35)13-16-9-11-17(12-10-16)29-25(33)23-19(27)7-4-8-20(23)28/h3-12,21H,13H2,1-2H3,(H,29,33)(H,30,32)(H,34,35)/t21-/m0/s1. The Kier molecular flexibility index (Phi) is 8.27. The van der Waals surface area contributed by atoms with Crippen molar-refractivity contribution in [1.82, 2.24) is 5.32 Å².